The number of hydrogen-bond donors (Lipinski definition) is 0. The third-order valence-electron chi connectivity index (χ3n) is 2.98. The molecule has 0 spiro atoms. The molecule has 0 amide bonds. The molecular weight excluding hydrogens is 230 g/mol. The van der Waals surface area contributed by atoms with Crippen LogP contribution in [0.3, 0.4) is 0 Å². The van der Waals surface area contributed by atoms with Crippen LogP contribution in [-0.4, -0.2) is 23.7 Å². The Morgan fingerprint density at radius 1 is 1.61 bits per heavy atom. The van der Waals surface area contributed by atoms with E-state index in [1.807, 2.05) is 0 Å². The van der Waals surface area contributed by atoms with Gasteiger partial charge in [-0.15, -0.1) is 0 Å². The van der Waals surface area contributed by atoms with Gasteiger partial charge in [0.1, 0.15) is 11.7 Å². The lowest BCUT2D eigenvalue weighted by Crippen LogP contribution is -2.26. The molecule has 0 N–H and O–H groups in total. The first-order chi connectivity index (χ1) is 8.76. The van der Waals surface area contributed by atoms with Crippen LogP contribution in [-0.2, 0) is 4.74 Å². The zero-order valence-corrected chi connectivity index (χ0v) is 10.5. The average molecular weight is 247 g/mol. The van der Waals surface area contributed by atoms with Gasteiger partial charge in [0.2, 0.25) is 5.88 Å². The van der Waals surface area contributed by atoms with E-state index in [0.717, 1.165) is 12.8 Å². The summed E-state index contributed by atoms with van der Waals surface area (Å²) in [4.78, 5) is 16.1. The number of esters is 1. The lowest BCUT2D eigenvalue weighted by molar-refractivity contribution is 0.0509. The Balaban J connectivity index is 2.30. The van der Waals surface area contributed by atoms with Crippen molar-refractivity contribution in [1.82, 2.24) is 4.98 Å². The maximum atomic E-state index is 11.9. The lowest BCUT2D eigenvalue weighted by atomic mass is 9.96. The zero-order chi connectivity index (χ0) is 13.0. The van der Waals surface area contributed by atoms with E-state index in [-0.39, 0.29) is 6.10 Å². The van der Waals surface area contributed by atoms with Crippen LogP contribution in [0.25, 0.3) is 6.08 Å². The van der Waals surface area contributed by atoms with Crippen LogP contribution < -0.4 is 4.74 Å². The minimum absolute atomic E-state index is 0.172. The largest absolute Gasteiger partial charge is 0.474 e. The number of aromatic nitrogens is 1. The number of nitrogens with zero attached hydrogens (tertiary/aromatic N) is 1. The highest BCUT2D eigenvalue weighted by Crippen LogP contribution is 2.28. The average Bonchev–Trinajstić information content (AvgIpc) is 2.33. The fourth-order valence-corrected chi connectivity index (χ4v) is 1.77. The van der Waals surface area contributed by atoms with Crippen LogP contribution >= 0.6 is 0 Å². The van der Waals surface area contributed by atoms with Gasteiger partial charge in [0.25, 0.3) is 0 Å². The zero-order valence-electron chi connectivity index (χ0n) is 10.5. The number of carbonyl (C=O) groups excluding carboxylic acids is 1. The van der Waals surface area contributed by atoms with Crippen LogP contribution in [0.2, 0.25) is 0 Å². The molecule has 0 aromatic carbocycles. The smallest absolute Gasteiger partial charge is 0.344 e. The summed E-state index contributed by atoms with van der Waals surface area (Å²) in [7, 11) is 0. The van der Waals surface area contributed by atoms with Crippen molar-refractivity contribution >= 4 is 12.0 Å². The van der Waals surface area contributed by atoms with Crippen molar-refractivity contribution in [2.75, 3.05) is 6.61 Å². The molecular formula is C14H17NO3. The Hall–Kier alpha value is -1.84. The SMILES string of the molecule is C=Cc1ccnc(OC2CCC2)c1C(=O)OCC. The highest BCUT2D eigenvalue weighted by molar-refractivity contribution is 5.95. The number of rotatable bonds is 5. The Morgan fingerprint density at radius 2 is 2.39 bits per heavy atom. The minimum atomic E-state index is -0.408. The molecule has 96 valence electrons. The molecule has 1 heterocycles. The van der Waals surface area contributed by atoms with Gasteiger partial charge in [-0.2, -0.15) is 0 Å². The third-order valence-corrected chi connectivity index (χ3v) is 2.98. The van der Waals surface area contributed by atoms with Crippen molar-refractivity contribution in [1.29, 1.82) is 0 Å². The van der Waals surface area contributed by atoms with E-state index in [1.165, 1.54) is 6.42 Å². The molecule has 4 nitrogen and oxygen atoms in total. The maximum Gasteiger partial charge on any atom is 0.344 e. The summed E-state index contributed by atoms with van der Waals surface area (Å²) in [5, 5.41) is 0. The van der Waals surface area contributed by atoms with Gasteiger partial charge >= 0.3 is 5.97 Å². The monoisotopic (exact) mass is 247 g/mol. The lowest BCUT2D eigenvalue weighted by Gasteiger charge is -2.26. The first kappa shape index (κ1) is 12.6. The van der Waals surface area contributed by atoms with Crippen LogP contribution in [0.4, 0.5) is 0 Å². The fourth-order valence-electron chi connectivity index (χ4n) is 1.77. The molecule has 0 unspecified atom stereocenters. The van der Waals surface area contributed by atoms with E-state index in [9.17, 15) is 4.79 Å². The number of ether oxygens (including phenoxy) is 2. The molecule has 4 heteroatoms. The van der Waals surface area contributed by atoms with Crippen molar-refractivity contribution < 1.29 is 14.3 Å². The highest BCUT2D eigenvalue weighted by Gasteiger charge is 2.25. The minimum Gasteiger partial charge on any atom is -0.474 e. The maximum absolute atomic E-state index is 11.9. The molecule has 1 aliphatic rings. The van der Waals surface area contributed by atoms with Crippen molar-refractivity contribution in [2.24, 2.45) is 0 Å². The predicted octanol–water partition coefficient (Wildman–Crippen LogP) is 2.83. The van der Waals surface area contributed by atoms with Gasteiger partial charge < -0.3 is 9.47 Å². The standard InChI is InChI=1S/C14H17NO3/c1-3-10-8-9-15-13(18-11-6-5-7-11)12(10)14(16)17-4-2/h3,8-9,11H,1,4-7H2,2H3. The van der Waals surface area contributed by atoms with Gasteiger partial charge in [-0.3, -0.25) is 0 Å². The molecule has 2 rings (SSSR count). The molecule has 1 aromatic rings. The highest BCUT2D eigenvalue weighted by atomic mass is 16.5. The van der Waals surface area contributed by atoms with Gasteiger partial charge in [0.15, 0.2) is 0 Å². The van der Waals surface area contributed by atoms with E-state index >= 15 is 0 Å². The van der Waals surface area contributed by atoms with Crippen LogP contribution in [0.5, 0.6) is 5.88 Å². The van der Waals surface area contributed by atoms with E-state index in [4.69, 9.17) is 9.47 Å². The molecule has 0 saturated heterocycles. The fraction of sp³-hybridized carbons (Fsp3) is 0.429. The van der Waals surface area contributed by atoms with Gasteiger partial charge in [-0.25, -0.2) is 9.78 Å². The molecule has 1 aliphatic carbocycles. The Labute approximate surface area is 107 Å². The second-order valence-electron chi connectivity index (χ2n) is 4.18. The van der Waals surface area contributed by atoms with Crippen molar-refractivity contribution in [2.45, 2.75) is 32.3 Å². The summed E-state index contributed by atoms with van der Waals surface area (Å²) in [5.41, 5.74) is 1.07. The second kappa shape index (κ2) is 5.67. The number of carbonyl (C=O) groups is 1. The van der Waals surface area contributed by atoms with E-state index in [1.54, 1.807) is 25.3 Å². The van der Waals surface area contributed by atoms with Crippen molar-refractivity contribution in [3.63, 3.8) is 0 Å². The first-order valence-corrected chi connectivity index (χ1v) is 6.21. The quantitative estimate of drug-likeness (QED) is 0.751. The first-order valence-electron chi connectivity index (χ1n) is 6.21. The summed E-state index contributed by atoms with van der Waals surface area (Å²) in [5.74, 6) is -0.0506. The van der Waals surface area contributed by atoms with Gasteiger partial charge in [-0.1, -0.05) is 12.7 Å². The van der Waals surface area contributed by atoms with Crippen LogP contribution in [0, 0.1) is 0 Å². The normalized spacial score (nSPS) is 14.7. The second-order valence-corrected chi connectivity index (χ2v) is 4.18. The van der Waals surface area contributed by atoms with Gasteiger partial charge in [0, 0.05) is 6.20 Å². The molecule has 0 bridgehead atoms. The number of hydrogen-bond acceptors (Lipinski definition) is 4. The van der Waals surface area contributed by atoms with E-state index < -0.39 is 5.97 Å². The van der Waals surface area contributed by atoms with E-state index in [0.29, 0.717) is 23.6 Å². The van der Waals surface area contributed by atoms with Crippen LogP contribution in [0.1, 0.15) is 42.1 Å². The topological polar surface area (TPSA) is 48.4 Å². The van der Waals surface area contributed by atoms with Crippen molar-refractivity contribution in [3.05, 3.63) is 30.0 Å². The molecule has 18 heavy (non-hydrogen) atoms. The van der Waals surface area contributed by atoms with Crippen molar-refractivity contribution in [3.8, 4) is 5.88 Å². The molecule has 0 atom stereocenters. The molecule has 1 fully saturated rings. The molecule has 1 aromatic heterocycles. The molecule has 0 aliphatic heterocycles. The Bertz CT molecular complexity index is 452. The summed E-state index contributed by atoms with van der Waals surface area (Å²) in [6.45, 7) is 5.80. The van der Waals surface area contributed by atoms with Crippen LogP contribution in [0.15, 0.2) is 18.8 Å². The third kappa shape index (κ3) is 2.53. The van der Waals surface area contributed by atoms with Gasteiger partial charge in [0.05, 0.1) is 6.61 Å². The summed E-state index contributed by atoms with van der Waals surface area (Å²) in [6.07, 6.45) is 6.60. The predicted molar refractivity (Wildman–Crippen MR) is 68.6 cm³/mol. The van der Waals surface area contributed by atoms with E-state index in [2.05, 4.69) is 11.6 Å². The Morgan fingerprint density at radius 3 is 2.94 bits per heavy atom. The Kier molecular flexibility index (Phi) is 3.97. The molecule has 1 saturated carbocycles. The van der Waals surface area contributed by atoms with Gasteiger partial charge in [-0.05, 0) is 37.8 Å². The summed E-state index contributed by atoms with van der Waals surface area (Å²) in [6, 6.07) is 1.73. The molecule has 0 radical (unpaired) electrons. The number of pyridine rings is 1. The summed E-state index contributed by atoms with van der Waals surface area (Å²) >= 11 is 0. The summed E-state index contributed by atoms with van der Waals surface area (Å²) < 4.78 is 10.8.